The first-order valence-electron chi connectivity index (χ1n) is 4.62. The molecule has 0 fully saturated rings. The number of benzene rings is 1. The molecule has 0 unspecified atom stereocenters. The van der Waals surface area contributed by atoms with Gasteiger partial charge in [-0.1, -0.05) is 6.07 Å². The van der Waals surface area contributed by atoms with Crippen LogP contribution < -0.4 is 0 Å². The van der Waals surface area contributed by atoms with Gasteiger partial charge in [0, 0.05) is 12.4 Å². The maximum Gasteiger partial charge on any atom is 0.165 e. The minimum absolute atomic E-state index is 0.312. The van der Waals surface area contributed by atoms with Gasteiger partial charge in [0.1, 0.15) is 0 Å². The van der Waals surface area contributed by atoms with Crippen LogP contribution in [0.1, 0.15) is 11.1 Å². The molecule has 2 rings (SSSR count). The Balaban J connectivity index is 2.22. The molecule has 2 nitrogen and oxygen atoms in total. The SMILES string of the molecule is Oc1ccc(Cc2ccncc2)cc1F. The van der Waals surface area contributed by atoms with Gasteiger partial charge in [-0.15, -0.1) is 0 Å². The summed E-state index contributed by atoms with van der Waals surface area (Å²) in [6.45, 7) is 0. The molecular weight excluding hydrogens is 193 g/mol. The molecule has 1 aromatic heterocycles. The van der Waals surface area contributed by atoms with Crippen LogP contribution in [0.25, 0.3) is 0 Å². The number of hydrogen-bond donors (Lipinski definition) is 1. The predicted molar refractivity (Wildman–Crippen MR) is 55.1 cm³/mol. The Kier molecular flexibility index (Phi) is 2.63. The normalized spacial score (nSPS) is 10.2. The number of nitrogens with zero attached hydrogens (tertiary/aromatic N) is 1. The van der Waals surface area contributed by atoms with E-state index in [-0.39, 0.29) is 5.75 Å². The average molecular weight is 203 g/mol. The van der Waals surface area contributed by atoms with Crippen LogP contribution in [0.15, 0.2) is 42.7 Å². The van der Waals surface area contributed by atoms with Crippen molar-refractivity contribution in [3.05, 3.63) is 59.7 Å². The third kappa shape index (κ3) is 2.31. The molecule has 76 valence electrons. The fraction of sp³-hybridized carbons (Fsp3) is 0.0833. The zero-order valence-corrected chi connectivity index (χ0v) is 8.02. The lowest BCUT2D eigenvalue weighted by atomic mass is 10.1. The van der Waals surface area contributed by atoms with Crippen LogP contribution in [0.5, 0.6) is 5.75 Å². The number of aromatic hydroxyl groups is 1. The minimum Gasteiger partial charge on any atom is -0.505 e. The molecular formula is C12H10FNO. The Hall–Kier alpha value is -1.90. The summed E-state index contributed by atoms with van der Waals surface area (Å²) in [5, 5.41) is 9.02. The van der Waals surface area contributed by atoms with Crippen molar-refractivity contribution in [3.63, 3.8) is 0 Å². The zero-order valence-electron chi connectivity index (χ0n) is 8.02. The summed E-state index contributed by atoms with van der Waals surface area (Å²) >= 11 is 0. The molecule has 0 aliphatic rings. The molecule has 0 aliphatic carbocycles. The van der Waals surface area contributed by atoms with Crippen molar-refractivity contribution in [2.75, 3.05) is 0 Å². The lowest BCUT2D eigenvalue weighted by Gasteiger charge is -2.02. The fourth-order valence-corrected chi connectivity index (χ4v) is 1.40. The van der Waals surface area contributed by atoms with Gasteiger partial charge in [-0.25, -0.2) is 4.39 Å². The van der Waals surface area contributed by atoms with Crippen molar-refractivity contribution in [3.8, 4) is 5.75 Å². The van der Waals surface area contributed by atoms with E-state index in [1.54, 1.807) is 18.5 Å². The number of aromatic nitrogens is 1. The van der Waals surface area contributed by atoms with Crippen LogP contribution in [0.2, 0.25) is 0 Å². The fourth-order valence-electron chi connectivity index (χ4n) is 1.40. The number of pyridine rings is 1. The summed E-state index contributed by atoms with van der Waals surface area (Å²) in [6.07, 6.45) is 4.04. The van der Waals surface area contributed by atoms with Crippen molar-refractivity contribution in [1.82, 2.24) is 4.98 Å². The molecule has 3 heteroatoms. The van der Waals surface area contributed by atoms with E-state index in [0.29, 0.717) is 6.42 Å². The molecule has 0 bridgehead atoms. The van der Waals surface area contributed by atoms with E-state index in [0.717, 1.165) is 11.1 Å². The molecule has 1 heterocycles. The first-order chi connectivity index (χ1) is 7.25. The van der Waals surface area contributed by atoms with E-state index in [2.05, 4.69) is 4.98 Å². The Bertz CT molecular complexity index is 456. The summed E-state index contributed by atoms with van der Waals surface area (Å²) in [7, 11) is 0. The monoisotopic (exact) mass is 203 g/mol. The lowest BCUT2D eigenvalue weighted by molar-refractivity contribution is 0.432. The molecule has 0 radical (unpaired) electrons. The van der Waals surface area contributed by atoms with E-state index in [9.17, 15) is 4.39 Å². The molecule has 1 N–H and O–H groups in total. The summed E-state index contributed by atoms with van der Waals surface area (Å²) in [6, 6.07) is 8.18. The molecule has 15 heavy (non-hydrogen) atoms. The maximum atomic E-state index is 13.0. The van der Waals surface area contributed by atoms with Crippen molar-refractivity contribution >= 4 is 0 Å². The molecule has 0 atom stereocenters. The number of phenols is 1. The molecule has 0 amide bonds. The predicted octanol–water partition coefficient (Wildman–Crippen LogP) is 2.52. The van der Waals surface area contributed by atoms with E-state index < -0.39 is 5.82 Å². The Labute approximate surface area is 87.0 Å². The van der Waals surface area contributed by atoms with Crippen LogP contribution in [0.4, 0.5) is 4.39 Å². The van der Waals surface area contributed by atoms with Gasteiger partial charge in [0.05, 0.1) is 0 Å². The standard InChI is InChI=1S/C12H10FNO/c13-11-8-10(1-2-12(11)15)7-9-3-5-14-6-4-9/h1-6,8,15H,7H2. The summed E-state index contributed by atoms with van der Waals surface area (Å²) < 4.78 is 13.0. The van der Waals surface area contributed by atoms with Gasteiger partial charge in [0.25, 0.3) is 0 Å². The van der Waals surface area contributed by atoms with Crippen LogP contribution in [0, 0.1) is 5.82 Å². The third-order valence-corrected chi connectivity index (χ3v) is 2.17. The molecule has 0 saturated carbocycles. The van der Waals surface area contributed by atoms with E-state index in [1.165, 1.54) is 12.1 Å². The molecule has 1 aromatic carbocycles. The average Bonchev–Trinajstić information content (AvgIpc) is 2.25. The first-order valence-corrected chi connectivity index (χ1v) is 4.62. The quantitative estimate of drug-likeness (QED) is 0.813. The Morgan fingerprint density at radius 2 is 1.80 bits per heavy atom. The topological polar surface area (TPSA) is 33.1 Å². The number of halogens is 1. The summed E-state index contributed by atoms with van der Waals surface area (Å²) in [5.41, 5.74) is 1.89. The highest BCUT2D eigenvalue weighted by Crippen LogP contribution is 2.18. The van der Waals surface area contributed by atoms with E-state index in [1.807, 2.05) is 12.1 Å². The van der Waals surface area contributed by atoms with Gasteiger partial charge >= 0.3 is 0 Å². The number of rotatable bonds is 2. The Morgan fingerprint density at radius 1 is 1.07 bits per heavy atom. The second-order valence-corrected chi connectivity index (χ2v) is 3.32. The van der Waals surface area contributed by atoms with Gasteiger partial charge in [-0.3, -0.25) is 4.98 Å². The van der Waals surface area contributed by atoms with Gasteiger partial charge < -0.3 is 5.11 Å². The van der Waals surface area contributed by atoms with Gasteiger partial charge in [0.2, 0.25) is 0 Å². The van der Waals surface area contributed by atoms with Crippen molar-refractivity contribution in [2.45, 2.75) is 6.42 Å². The lowest BCUT2D eigenvalue weighted by Crippen LogP contribution is -1.89. The van der Waals surface area contributed by atoms with Crippen molar-refractivity contribution < 1.29 is 9.50 Å². The molecule has 0 aliphatic heterocycles. The second kappa shape index (κ2) is 4.09. The van der Waals surface area contributed by atoms with Crippen LogP contribution in [-0.4, -0.2) is 10.1 Å². The van der Waals surface area contributed by atoms with Crippen LogP contribution in [0.3, 0.4) is 0 Å². The largest absolute Gasteiger partial charge is 0.505 e. The molecule has 0 spiro atoms. The van der Waals surface area contributed by atoms with E-state index in [4.69, 9.17) is 5.11 Å². The zero-order chi connectivity index (χ0) is 10.7. The smallest absolute Gasteiger partial charge is 0.165 e. The van der Waals surface area contributed by atoms with Gasteiger partial charge in [-0.2, -0.15) is 0 Å². The Morgan fingerprint density at radius 3 is 2.47 bits per heavy atom. The maximum absolute atomic E-state index is 13.0. The molecule has 2 aromatic rings. The molecule has 0 saturated heterocycles. The number of phenolic OH excluding ortho intramolecular Hbond substituents is 1. The van der Waals surface area contributed by atoms with Crippen molar-refractivity contribution in [2.24, 2.45) is 0 Å². The van der Waals surface area contributed by atoms with Crippen LogP contribution >= 0.6 is 0 Å². The summed E-state index contributed by atoms with van der Waals surface area (Å²) in [4.78, 5) is 3.90. The van der Waals surface area contributed by atoms with Crippen molar-refractivity contribution in [1.29, 1.82) is 0 Å². The van der Waals surface area contributed by atoms with Gasteiger partial charge in [0.15, 0.2) is 11.6 Å². The minimum atomic E-state index is -0.582. The summed E-state index contributed by atoms with van der Waals surface area (Å²) in [5.74, 6) is -0.893. The highest BCUT2D eigenvalue weighted by atomic mass is 19.1. The first kappa shape index (κ1) is 9.65. The second-order valence-electron chi connectivity index (χ2n) is 3.32. The third-order valence-electron chi connectivity index (χ3n) is 2.17. The van der Waals surface area contributed by atoms with E-state index >= 15 is 0 Å². The highest BCUT2D eigenvalue weighted by Gasteiger charge is 2.02. The highest BCUT2D eigenvalue weighted by molar-refractivity contribution is 5.31. The van der Waals surface area contributed by atoms with Gasteiger partial charge in [-0.05, 0) is 41.8 Å². The number of hydrogen-bond acceptors (Lipinski definition) is 2. The van der Waals surface area contributed by atoms with Crippen LogP contribution in [-0.2, 0) is 6.42 Å².